The second kappa shape index (κ2) is 12.2. The molecule has 0 bridgehead atoms. The van der Waals surface area contributed by atoms with Gasteiger partial charge in [-0.2, -0.15) is 0 Å². The third kappa shape index (κ3) is 8.05. The van der Waals surface area contributed by atoms with Crippen LogP contribution in [0.1, 0.15) is 38.5 Å². The van der Waals surface area contributed by atoms with Crippen molar-refractivity contribution in [2.45, 2.75) is 38.5 Å². The van der Waals surface area contributed by atoms with Gasteiger partial charge in [-0.3, -0.25) is 4.79 Å². The molecule has 2 aliphatic rings. The van der Waals surface area contributed by atoms with Gasteiger partial charge in [0.1, 0.15) is 6.54 Å². The van der Waals surface area contributed by atoms with Crippen LogP contribution in [-0.2, 0) is 14.3 Å². The molecular formula is C20H38N4O3. The number of likely N-dealkylation sites (N-methyl/N-ethyl adjacent to an activating group) is 1. The summed E-state index contributed by atoms with van der Waals surface area (Å²) >= 11 is 0. The Bertz CT molecular complexity index is 464. The lowest BCUT2D eigenvalue weighted by atomic mass is 9.89. The first-order chi connectivity index (χ1) is 13.1. The van der Waals surface area contributed by atoms with Gasteiger partial charge < -0.3 is 24.6 Å². The highest BCUT2D eigenvalue weighted by Crippen LogP contribution is 2.23. The van der Waals surface area contributed by atoms with E-state index in [4.69, 9.17) is 9.47 Å². The summed E-state index contributed by atoms with van der Waals surface area (Å²) in [7, 11) is 5.24. The van der Waals surface area contributed by atoms with E-state index in [1.54, 1.807) is 26.1 Å². The van der Waals surface area contributed by atoms with Crippen molar-refractivity contribution in [3.63, 3.8) is 0 Å². The van der Waals surface area contributed by atoms with Gasteiger partial charge in [0.2, 0.25) is 5.91 Å². The number of carbonyl (C=O) groups excluding carboxylic acids is 1. The molecule has 1 N–H and O–H groups in total. The van der Waals surface area contributed by atoms with Gasteiger partial charge >= 0.3 is 0 Å². The van der Waals surface area contributed by atoms with E-state index in [9.17, 15) is 4.79 Å². The van der Waals surface area contributed by atoms with E-state index in [2.05, 4.69) is 15.2 Å². The first kappa shape index (κ1) is 22.0. The number of carbonyl (C=O) groups is 1. The Kier molecular flexibility index (Phi) is 9.91. The summed E-state index contributed by atoms with van der Waals surface area (Å²) < 4.78 is 10.7. The predicted molar refractivity (Wildman–Crippen MR) is 108 cm³/mol. The smallest absolute Gasteiger partial charge is 0.243 e. The zero-order chi connectivity index (χ0) is 19.5. The number of aliphatic imine (C=N–C) groups is 1. The molecule has 1 aliphatic heterocycles. The Morgan fingerprint density at radius 3 is 2.63 bits per heavy atom. The van der Waals surface area contributed by atoms with Gasteiger partial charge in [-0.1, -0.05) is 19.3 Å². The van der Waals surface area contributed by atoms with Crippen molar-refractivity contribution >= 4 is 11.9 Å². The highest BCUT2D eigenvalue weighted by molar-refractivity contribution is 5.85. The first-order valence-corrected chi connectivity index (χ1v) is 10.4. The lowest BCUT2D eigenvalue weighted by Gasteiger charge is -2.26. The normalized spacial score (nSPS) is 21.5. The van der Waals surface area contributed by atoms with E-state index in [0.29, 0.717) is 19.1 Å². The molecule has 7 heteroatoms. The third-order valence-electron chi connectivity index (χ3n) is 5.51. The fraction of sp³-hybridized carbons (Fsp3) is 0.900. The number of hydrogen-bond donors (Lipinski definition) is 1. The van der Waals surface area contributed by atoms with Crippen LogP contribution in [-0.4, -0.2) is 88.9 Å². The highest BCUT2D eigenvalue weighted by atomic mass is 16.5. The Labute approximate surface area is 164 Å². The summed E-state index contributed by atoms with van der Waals surface area (Å²) in [5.41, 5.74) is 0. The molecule has 0 aromatic carbocycles. The molecule has 0 aromatic rings. The summed E-state index contributed by atoms with van der Waals surface area (Å²) in [6, 6.07) is 0. The largest absolute Gasteiger partial charge is 0.382 e. The van der Waals surface area contributed by atoms with Crippen LogP contribution >= 0.6 is 0 Å². The number of nitrogens with zero attached hydrogens (tertiary/aromatic N) is 3. The average Bonchev–Trinajstić information content (AvgIpc) is 3.14. The molecule has 156 valence electrons. The Balaban J connectivity index is 1.86. The molecular weight excluding hydrogens is 344 g/mol. The van der Waals surface area contributed by atoms with Crippen LogP contribution in [0.15, 0.2) is 4.99 Å². The highest BCUT2D eigenvalue weighted by Gasteiger charge is 2.26. The lowest BCUT2D eigenvalue weighted by Crippen LogP contribution is -2.43. The maximum absolute atomic E-state index is 12.0. The van der Waals surface area contributed by atoms with Crippen molar-refractivity contribution in [3.8, 4) is 0 Å². The van der Waals surface area contributed by atoms with Crippen LogP contribution in [0.4, 0.5) is 0 Å². The maximum Gasteiger partial charge on any atom is 0.243 e. The minimum Gasteiger partial charge on any atom is -0.382 e. The van der Waals surface area contributed by atoms with E-state index in [0.717, 1.165) is 44.5 Å². The van der Waals surface area contributed by atoms with Gasteiger partial charge in [-0.25, -0.2) is 4.99 Å². The lowest BCUT2D eigenvalue weighted by molar-refractivity contribution is -0.127. The number of ether oxygens (including phenoxy) is 2. The topological polar surface area (TPSA) is 66.4 Å². The molecule has 2 rings (SSSR count). The zero-order valence-corrected chi connectivity index (χ0v) is 17.4. The van der Waals surface area contributed by atoms with E-state index < -0.39 is 0 Å². The fourth-order valence-electron chi connectivity index (χ4n) is 3.73. The van der Waals surface area contributed by atoms with Crippen LogP contribution < -0.4 is 5.32 Å². The predicted octanol–water partition coefficient (Wildman–Crippen LogP) is 1.59. The Morgan fingerprint density at radius 1 is 1.15 bits per heavy atom. The van der Waals surface area contributed by atoms with Crippen LogP contribution in [0.25, 0.3) is 0 Å². The van der Waals surface area contributed by atoms with Gasteiger partial charge in [0.05, 0.1) is 19.8 Å². The van der Waals surface area contributed by atoms with Crippen molar-refractivity contribution in [2.24, 2.45) is 16.8 Å². The van der Waals surface area contributed by atoms with Crippen LogP contribution in [0.2, 0.25) is 0 Å². The van der Waals surface area contributed by atoms with E-state index in [1.165, 1.54) is 32.1 Å². The number of nitrogens with one attached hydrogen (secondary N) is 1. The summed E-state index contributed by atoms with van der Waals surface area (Å²) in [4.78, 5) is 20.5. The van der Waals surface area contributed by atoms with Gasteiger partial charge in [-0.05, 0) is 25.2 Å². The Hall–Kier alpha value is -1.34. The number of guanidine groups is 1. The summed E-state index contributed by atoms with van der Waals surface area (Å²) in [5, 5.41) is 3.57. The number of likely N-dealkylation sites (tertiary alicyclic amines) is 1. The van der Waals surface area contributed by atoms with Crippen LogP contribution in [0.5, 0.6) is 0 Å². The van der Waals surface area contributed by atoms with E-state index in [1.807, 2.05) is 0 Å². The van der Waals surface area contributed by atoms with E-state index in [-0.39, 0.29) is 12.5 Å². The monoisotopic (exact) mass is 382 g/mol. The minimum absolute atomic E-state index is 0.0330. The molecule has 1 amide bonds. The molecule has 0 radical (unpaired) electrons. The van der Waals surface area contributed by atoms with Crippen molar-refractivity contribution in [1.82, 2.24) is 15.1 Å². The molecule has 1 aliphatic carbocycles. The van der Waals surface area contributed by atoms with Crippen molar-refractivity contribution in [1.29, 1.82) is 0 Å². The first-order valence-electron chi connectivity index (χ1n) is 10.4. The molecule has 1 unspecified atom stereocenters. The standard InChI is InChI=1S/C20H38N4O3/c1-23(2)19(25)14-22-20(21-13-17-7-5-4-6-8-17)24-10-9-18(15-24)16-27-12-11-26-3/h17-18H,4-16H2,1-3H3,(H,21,22). The molecule has 1 heterocycles. The second-order valence-corrected chi connectivity index (χ2v) is 7.98. The summed E-state index contributed by atoms with van der Waals surface area (Å²) in [6.07, 6.45) is 7.73. The number of amides is 1. The third-order valence-corrected chi connectivity index (χ3v) is 5.51. The van der Waals surface area contributed by atoms with Crippen molar-refractivity contribution < 1.29 is 14.3 Å². The number of methoxy groups -OCH3 is 1. The molecule has 0 spiro atoms. The second-order valence-electron chi connectivity index (χ2n) is 7.98. The molecule has 2 fully saturated rings. The average molecular weight is 383 g/mol. The summed E-state index contributed by atoms with van der Waals surface area (Å²) in [5.74, 6) is 2.15. The van der Waals surface area contributed by atoms with Gasteiger partial charge in [-0.15, -0.1) is 0 Å². The molecule has 1 saturated carbocycles. The SMILES string of the molecule is COCCOCC1CCN(C(=NCC(=O)N(C)C)NCC2CCCCC2)C1. The number of rotatable bonds is 9. The van der Waals surface area contributed by atoms with Gasteiger partial charge in [0.25, 0.3) is 0 Å². The van der Waals surface area contributed by atoms with Crippen LogP contribution in [0.3, 0.4) is 0 Å². The van der Waals surface area contributed by atoms with Crippen LogP contribution in [0, 0.1) is 11.8 Å². The molecule has 1 atom stereocenters. The van der Waals surface area contributed by atoms with Crippen molar-refractivity contribution in [3.05, 3.63) is 0 Å². The molecule has 7 nitrogen and oxygen atoms in total. The molecule has 1 saturated heterocycles. The fourth-order valence-corrected chi connectivity index (χ4v) is 3.73. The zero-order valence-electron chi connectivity index (χ0n) is 17.4. The Morgan fingerprint density at radius 2 is 1.93 bits per heavy atom. The minimum atomic E-state index is 0.0330. The van der Waals surface area contributed by atoms with Crippen molar-refractivity contribution in [2.75, 3.05) is 67.2 Å². The van der Waals surface area contributed by atoms with E-state index >= 15 is 0 Å². The quantitative estimate of drug-likeness (QED) is 0.373. The van der Waals surface area contributed by atoms with Gasteiger partial charge in [0, 0.05) is 46.8 Å². The molecule has 27 heavy (non-hydrogen) atoms. The van der Waals surface area contributed by atoms with Gasteiger partial charge in [0.15, 0.2) is 5.96 Å². The maximum atomic E-state index is 12.0. The summed E-state index contributed by atoms with van der Waals surface area (Å²) in [6.45, 7) is 5.09. The molecule has 0 aromatic heterocycles. The number of hydrogen-bond acceptors (Lipinski definition) is 4.